The summed E-state index contributed by atoms with van der Waals surface area (Å²) in [6.07, 6.45) is 6.89. The van der Waals surface area contributed by atoms with E-state index < -0.39 is 0 Å². The first-order valence-electron chi connectivity index (χ1n) is 13.7. The van der Waals surface area contributed by atoms with Gasteiger partial charge in [-0.2, -0.15) is 0 Å². The monoisotopic (exact) mass is 538 g/mol. The van der Waals surface area contributed by atoms with Gasteiger partial charge in [-0.05, 0) is 61.4 Å². The van der Waals surface area contributed by atoms with E-state index in [0.29, 0.717) is 0 Å². The van der Waals surface area contributed by atoms with Crippen molar-refractivity contribution in [3.8, 4) is 23.0 Å². The number of fused-ring (bicyclic) bond motifs is 4. The van der Waals surface area contributed by atoms with Crippen LogP contribution in [0.25, 0.3) is 0 Å². The van der Waals surface area contributed by atoms with Gasteiger partial charge in [0.2, 0.25) is 19.6 Å². The smallest absolute Gasteiger partial charge is 0.208 e. The number of unbranched alkanes of at least 4 members (excludes halogenated alkanes) is 2. The fraction of sp³-hybridized carbons (Fsp3) is 0.235. The second-order valence-corrected chi connectivity index (χ2v) is 13.6. The zero-order chi connectivity index (χ0) is 25.9. The molecule has 0 amide bonds. The molecule has 0 bridgehead atoms. The highest BCUT2D eigenvalue weighted by Gasteiger charge is 2.49. The van der Waals surface area contributed by atoms with E-state index in [4.69, 9.17) is 9.47 Å². The van der Waals surface area contributed by atoms with Gasteiger partial charge in [0.15, 0.2) is 32.8 Å². The largest absolute Gasteiger partial charge is 0.447 e. The first-order valence-corrected chi connectivity index (χ1v) is 16.2. The zero-order valence-electron chi connectivity index (χ0n) is 22.1. The fourth-order valence-corrected chi connectivity index (χ4v) is 10.7. The highest BCUT2D eigenvalue weighted by atomic mass is 32.2. The van der Waals surface area contributed by atoms with Crippen molar-refractivity contribution in [2.45, 2.75) is 72.0 Å². The summed E-state index contributed by atoms with van der Waals surface area (Å²) in [5, 5.41) is 0. The van der Waals surface area contributed by atoms with E-state index in [9.17, 15) is 0 Å². The third kappa shape index (κ3) is 4.65. The average Bonchev–Trinajstić information content (AvgIpc) is 2.97. The molecular formula is C34H34O2S2+2. The average molecular weight is 539 g/mol. The van der Waals surface area contributed by atoms with Gasteiger partial charge in [0.1, 0.15) is 21.8 Å². The lowest BCUT2D eigenvalue weighted by molar-refractivity contribution is 0.452. The van der Waals surface area contributed by atoms with Crippen LogP contribution in [0.1, 0.15) is 52.4 Å². The molecule has 0 aromatic heterocycles. The van der Waals surface area contributed by atoms with E-state index in [1.807, 2.05) is 0 Å². The first kappa shape index (κ1) is 25.2. The number of hydrogen-bond acceptors (Lipinski definition) is 2. The van der Waals surface area contributed by atoms with E-state index in [1.165, 1.54) is 45.3 Å². The molecule has 192 valence electrons. The molecule has 2 aliphatic rings. The Kier molecular flexibility index (Phi) is 7.53. The molecule has 2 aliphatic heterocycles. The Labute approximate surface area is 232 Å². The third-order valence-corrected chi connectivity index (χ3v) is 12.2. The van der Waals surface area contributed by atoms with Crippen molar-refractivity contribution in [2.75, 3.05) is 0 Å². The van der Waals surface area contributed by atoms with E-state index >= 15 is 0 Å². The Balaban J connectivity index is 1.64. The first-order chi connectivity index (χ1) is 18.8. The lowest BCUT2D eigenvalue weighted by atomic mass is 10.2. The van der Waals surface area contributed by atoms with Crippen molar-refractivity contribution in [1.82, 2.24) is 0 Å². The summed E-state index contributed by atoms with van der Waals surface area (Å²) in [5.74, 6) is 3.98. The van der Waals surface area contributed by atoms with E-state index in [0.717, 1.165) is 35.8 Å². The Bertz CT molecular complexity index is 1270. The molecule has 4 aromatic carbocycles. The summed E-state index contributed by atoms with van der Waals surface area (Å²) in [5.41, 5.74) is 0. The number of benzene rings is 4. The molecule has 0 atom stereocenters. The highest BCUT2D eigenvalue weighted by Crippen LogP contribution is 2.53. The van der Waals surface area contributed by atoms with Gasteiger partial charge in [-0.15, -0.1) is 0 Å². The van der Waals surface area contributed by atoms with Crippen LogP contribution in [0.2, 0.25) is 0 Å². The van der Waals surface area contributed by atoms with Crippen molar-refractivity contribution in [1.29, 1.82) is 0 Å². The molecular weight excluding hydrogens is 505 g/mol. The third-order valence-electron chi connectivity index (χ3n) is 7.03. The van der Waals surface area contributed by atoms with Gasteiger partial charge in [0, 0.05) is 12.8 Å². The number of allylic oxidation sites excluding steroid dienone is 2. The topological polar surface area (TPSA) is 18.5 Å². The number of para-hydroxylation sites is 4. The Morgan fingerprint density at radius 1 is 0.474 bits per heavy atom. The minimum absolute atomic E-state index is 0.202. The Morgan fingerprint density at radius 3 is 1.05 bits per heavy atom. The summed E-state index contributed by atoms with van der Waals surface area (Å²) >= 11 is 0. The number of hydrogen-bond donors (Lipinski definition) is 0. The molecule has 38 heavy (non-hydrogen) atoms. The van der Waals surface area contributed by atoms with Crippen molar-refractivity contribution < 1.29 is 9.47 Å². The van der Waals surface area contributed by atoms with Gasteiger partial charge in [-0.3, -0.25) is 0 Å². The minimum Gasteiger partial charge on any atom is -0.447 e. The molecule has 4 aromatic rings. The van der Waals surface area contributed by atoms with Gasteiger partial charge < -0.3 is 9.47 Å². The van der Waals surface area contributed by atoms with Crippen LogP contribution in [-0.2, 0) is 21.8 Å². The molecule has 0 saturated carbocycles. The molecule has 4 heteroatoms. The molecule has 0 N–H and O–H groups in total. The molecule has 0 saturated heterocycles. The van der Waals surface area contributed by atoms with E-state index in [1.54, 1.807) is 9.81 Å². The van der Waals surface area contributed by atoms with Crippen molar-refractivity contribution >= 4 is 21.8 Å². The zero-order valence-corrected chi connectivity index (χ0v) is 23.7. The van der Waals surface area contributed by atoms with Crippen LogP contribution in [0, 0.1) is 0 Å². The highest BCUT2D eigenvalue weighted by molar-refractivity contribution is 8.04. The van der Waals surface area contributed by atoms with E-state index in [-0.39, 0.29) is 21.8 Å². The van der Waals surface area contributed by atoms with Gasteiger partial charge in [-0.25, -0.2) is 0 Å². The van der Waals surface area contributed by atoms with Crippen LogP contribution in [-0.4, -0.2) is 0 Å². The van der Waals surface area contributed by atoms with E-state index in [2.05, 4.69) is 111 Å². The van der Waals surface area contributed by atoms with Crippen molar-refractivity contribution in [3.63, 3.8) is 0 Å². The standard InChI is InChI=1S/C34H34O2S2/c1-3-5-19-33(37-29-21-11-7-15-25(29)35-26-16-8-12-22-30(26)37)34(20-6-4-2)38-31-23-13-9-17-27(31)36-28-18-10-14-24-32(28)38/h7-18,21-24H,3-6,19-20H2,1-2H3/q+2/b34-33+. The summed E-state index contributed by atoms with van der Waals surface area (Å²) in [6, 6.07) is 34.7. The summed E-state index contributed by atoms with van der Waals surface area (Å²) in [4.78, 5) is 8.43. The van der Waals surface area contributed by atoms with Crippen LogP contribution < -0.4 is 9.47 Å². The predicted molar refractivity (Wildman–Crippen MR) is 160 cm³/mol. The minimum atomic E-state index is -0.202. The Morgan fingerprint density at radius 2 is 0.763 bits per heavy atom. The van der Waals surface area contributed by atoms with Crippen LogP contribution in [0.5, 0.6) is 23.0 Å². The second-order valence-electron chi connectivity index (χ2n) is 9.66. The second kappa shape index (κ2) is 11.3. The van der Waals surface area contributed by atoms with Gasteiger partial charge in [-0.1, -0.05) is 75.2 Å². The van der Waals surface area contributed by atoms with Crippen LogP contribution in [0.4, 0.5) is 0 Å². The van der Waals surface area contributed by atoms with Gasteiger partial charge in [0.05, 0.1) is 0 Å². The molecule has 2 heterocycles. The summed E-state index contributed by atoms with van der Waals surface area (Å²) in [7, 11) is -0.404. The predicted octanol–water partition coefficient (Wildman–Crippen LogP) is 10.3. The molecule has 0 fully saturated rings. The maximum absolute atomic E-state index is 6.45. The van der Waals surface area contributed by atoms with Crippen LogP contribution in [0.15, 0.2) is 126 Å². The molecule has 0 unspecified atom stereocenters. The van der Waals surface area contributed by atoms with Gasteiger partial charge >= 0.3 is 0 Å². The maximum Gasteiger partial charge on any atom is 0.208 e. The quantitative estimate of drug-likeness (QED) is 0.208. The van der Waals surface area contributed by atoms with Gasteiger partial charge in [0.25, 0.3) is 0 Å². The van der Waals surface area contributed by atoms with Crippen LogP contribution >= 0.6 is 0 Å². The molecule has 0 spiro atoms. The number of ether oxygens (including phenoxy) is 2. The lowest BCUT2D eigenvalue weighted by Crippen LogP contribution is -2.21. The SMILES string of the molecule is CCCC/C(=C(/CCCC)[S+]1c2ccccc2Oc2ccccc21)[S+]1c2ccccc2Oc2ccccc21. The van der Waals surface area contributed by atoms with Crippen LogP contribution in [0.3, 0.4) is 0 Å². The van der Waals surface area contributed by atoms with Crippen molar-refractivity contribution in [2.24, 2.45) is 0 Å². The molecule has 0 radical (unpaired) electrons. The molecule has 6 rings (SSSR count). The maximum atomic E-state index is 6.45. The van der Waals surface area contributed by atoms with Crippen molar-refractivity contribution in [3.05, 3.63) is 107 Å². The molecule has 0 aliphatic carbocycles. The normalized spacial score (nSPS) is 14.8. The lowest BCUT2D eigenvalue weighted by Gasteiger charge is -2.24. The summed E-state index contributed by atoms with van der Waals surface area (Å²) in [6.45, 7) is 4.61. The number of rotatable bonds is 8. The fourth-order valence-electron chi connectivity index (χ4n) is 5.20. The molecule has 2 nitrogen and oxygen atoms in total. The Hall–Kier alpha value is -3.08. The summed E-state index contributed by atoms with van der Waals surface area (Å²) < 4.78 is 12.9.